The molecular weight excluding hydrogens is 230 g/mol. The van der Waals surface area contributed by atoms with Crippen molar-refractivity contribution in [2.45, 2.75) is 45.1 Å². The molecule has 0 aromatic rings. The van der Waals surface area contributed by atoms with E-state index < -0.39 is 0 Å². The Balaban J connectivity index is 1.71. The van der Waals surface area contributed by atoms with Gasteiger partial charge in [-0.2, -0.15) is 0 Å². The van der Waals surface area contributed by atoms with Crippen molar-refractivity contribution in [3.8, 4) is 0 Å². The highest BCUT2D eigenvalue weighted by Crippen LogP contribution is 2.24. The lowest BCUT2D eigenvalue weighted by Gasteiger charge is -2.30. The largest absolute Gasteiger partial charge is 0.465 e. The molecule has 2 aliphatic heterocycles. The molecule has 2 heterocycles. The smallest absolute Gasteiger partial charge is 0.310 e. The first-order valence-corrected chi connectivity index (χ1v) is 7.29. The zero-order chi connectivity index (χ0) is 12.8. The van der Waals surface area contributed by atoms with Crippen molar-refractivity contribution in [1.29, 1.82) is 0 Å². The van der Waals surface area contributed by atoms with Gasteiger partial charge in [0, 0.05) is 25.8 Å². The van der Waals surface area contributed by atoms with Crippen molar-refractivity contribution in [3.05, 3.63) is 0 Å². The molecule has 0 bridgehead atoms. The van der Waals surface area contributed by atoms with Gasteiger partial charge in [0.1, 0.15) is 0 Å². The number of unbranched alkanes of at least 4 members (excludes halogenated alkanes) is 1. The summed E-state index contributed by atoms with van der Waals surface area (Å²) in [6, 6.07) is 0.618. The second-order valence-corrected chi connectivity index (χ2v) is 5.35. The molecule has 104 valence electrons. The molecule has 0 aromatic heterocycles. The number of hydrogen-bond acceptors (Lipinski definition) is 4. The van der Waals surface area contributed by atoms with Gasteiger partial charge in [-0.1, -0.05) is 13.3 Å². The lowest BCUT2D eigenvalue weighted by atomic mass is 10.1. The third kappa shape index (κ3) is 3.69. The Kier molecular flexibility index (Phi) is 5.45. The van der Waals surface area contributed by atoms with Crippen LogP contribution in [0.1, 0.15) is 39.0 Å². The average molecular weight is 255 g/mol. The molecule has 2 rings (SSSR count). The molecule has 18 heavy (non-hydrogen) atoms. The average Bonchev–Trinajstić information content (AvgIpc) is 2.89. The Hall–Kier alpha value is -0.610. The van der Waals surface area contributed by atoms with Gasteiger partial charge in [0.2, 0.25) is 0 Å². The minimum Gasteiger partial charge on any atom is -0.465 e. The highest BCUT2D eigenvalue weighted by molar-refractivity contribution is 5.73. The summed E-state index contributed by atoms with van der Waals surface area (Å²) in [4.78, 5) is 14.3. The van der Waals surface area contributed by atoms with Crippen LogP contribution in [-0.2, 0) is 14.3 Å². The molecule has 0 saturated carbocycles. The number of rotatable bonds is 5. The SMILES string of the molecule is CCCCOC(=O)C1CCN(C2CCOCC2)C1. The minimum atomic E-state index is 0.0120. The zero-order valence-electron chi connectivity index (χ0n) is 11.4. The summed E-state index contributed by atoms with van der Waals surface area (Å²) in [6.45, 7) is 6.35. The van der Waals surface area contributed by atoms with Crippen LogP contribution in [0.4, 0.5) is 0 Å². The number of nitrogens with zero attached hydrogens (tertiary/aromatic N) is 1. The minimum absolute atomic E-state index is 0.0120. The van der Waals surface area contributed by atoms with Crippen LogP contribution in [0, 0.1) is 5.92 Å². The predicted octanol–water partition coefficient (Wildman–Crippen LogP) is 1.83. The van der Waals surface area contributed by atoms with Crippen LogP contribution >= 0.6 is 0 Å². The number of likely N-dealkylation sites (tertiary alicyclic amines) is 1. The Labute approximate surface area is 110 Å². The quantitative estimate of drug-likeness (QED) is 0.555. The van der Waals surface area contributed by atoms with Gasteiger partial charge >= 0.3 is 5.97 Å². The molecule has 2 saturated heterocycles. The number of carbonyl (C=O) groups excluding carboxylic acids is 1. The van der Waals surface area contributed by atoms with E-state index in [1.54, 1.807) is 0 Å². The molecule has 0 amide bonds. The van der Waals surface area contributed by atoms with E-state index in [1.165, 1.54) is 0 Å². The second-order valence-electron chi connectivity index (χ2n) is 5.35. The van der Waals surface area contributed by atoms with Crippen molar-refractivity contribution >= 4 is 5.97 Å². The van der Waals surface area contributed by atoms with Crippen molar-refractivity contribution in [2.75, 3.05) is 32.9 Å². The molecule has 2 fully saturated rings. The fraction of sp³-hybridized carbons (Fsp3) is 0.929. The van der Waals surface area contributed by atoms with Crippen molar-refractivity contribution in [3.63, 3.8) is 0 Å². The number of carbonyl (C=O) groups is 1. The van der Waals surface area contributed by atoms with Gasteiger partial charge < -0.3 is 9.47 Å². The summed E-state index contributed by atoms with van der Waals surface area (Å²) in [5, 5.41) is 0. The fourth-order valence-corrected chi connectivity index (χ4v) is 2.80. The van der Waals surface area contributed by atoms with Crippen LogP contribution in [0.25, 0.3) is 0 Å². The van der Waals surface area contributed by atoms with Gasteiger partial charge in [-0.15, -0.1) is 0 Å². The fourth-order valence-electron chi connectivity index (χ4n) is 2.80. The predicted molar refractivity (Wildman–Crippen MR) is 69.4 cm³/mol. The van der Waals surface area contributed by atoms with E-state index >= 15 is 0 Å². The maximum Gasteiger partial charge on any atom is 0.310 e. The molecular formula is C14H25NO3. The first-order chi connectivity index (χ1) is 8.81. The summed E-state index contributed by atoms with van der Waals surface area (Å²) in [5.74, 6) is 0.114. The molecule has 2 aliphatic rings. The van der Waals surface area contributed by atoms with Crippen LogP contribution in [0.5, 0.6) is 0 Å². The summed E-state index contributed by atoms with van der Waals surface area (Å²) in [7, 11) is 0. The second kappa shape index (κ2) is 7.10. The molecule has 0 aliphatic carbocycles. The van der Waals surface area contributed by atoms with E-state index in [9.17, 15) is 4.79 Å². The number of hydrogen-bond donors (Lipinski definition) is 0. The standard InChI is InChI=1S/C14H25NO3/c1-2-3-8-18-14(16)12-4-7-15(11-12)13-5-9-17-10-6-13/h12-13H,2-11H2,1H3. The van der Waals surface area contributed by atoms with E-state index in [0.717, 1.165) is 58.4 Å². The Bertz CT molecular complexity index is 264. The summed E-state index contributed by atoms with van der Waals surface area (Å²) in [6.07, 6.45) is 5.23. The van der Waals surface area contributed by atoms with Gasteiger partial charge in [-0.25, -0.2) is 0 Å². The molecule has 1 atom stereocenters. The molecule has 0 aromatic carbocycles. The molecule has 0 N–H and O–H groups in total. The van der Waals surface area contributed by atoms with Crippen molar-refractivity contribution in [1.82, 2.24) is 4.90 Å². The van der Waals surface area contributed by atoms with E-state index in [2.05, 4.69) is 11.8 Å². The van der Waals surface area contributed by atoms with Crippen LogP contribution in [0.3, 0.4) is 0 Å². The number of ether oxygens (including phenoxy) is 2. The van der Waals surface area contributed by atoms with E-state index in [1.807, 2.05) is 0 Å². The topological polar surface area (TPSA) is 38.8 Å². The van der Waals surface area contributed by atoms with Gasteiger partial charge in [0.15, 0.2) is 0 Å². The Morgan fingerprint density at radius 1 is 1.33 bits per heavy atom. The van der Waals surface area contributed by atoms with Crippen LogP contribution in [0.15, 0.2) is 0 Å². The molecule has 0 spiro atoms. The van der Waals surface area contributed by atoms with Crippen LogP contribution in [-0.4, -0.2) is 49.8 Å². The van der Waals surface area contributed by atoms with Crippen LogP contribution < -0.4 is 0 Å². The zero-order valence-corrected chi connectivity index (χ0v) is 11.4. The number of esters is 1. The normalized spacial score (nSPS) is 26.4. The van der Waals surface area contributed by atoms with Crippen LogP contribution in [0.2, 0.25) is 0 Å². The van der Waals surface area contributed by atoms with E-state index in [-0.39, 0.29) is 11.9 Å². The van der Waals surface area contributed by atoms with Crippen molar-refractivity contribution in [2.24, 2.45) is 5.92 Å². The first kappa shape index (κ1) is 13.8. The lowest BCUT2D eigenvalue weighted by Crippen LogP contribution is -2.38. The monoisotopic (exact) mass is 255 g/mol. The van der Waals surface area contributed by atoms with Gasteiger partial charge in [0.05, 0.1) is 12.5 Å². The summed E-state index contributed by atoms with van der Waals surface area (Å²) >= 11 is 0. The maximum atomic E-state index is 11.9. The van der Waals surface area contributed by atoms with Gasteiger partial charge in [-0.3, -0.25) is 9.69 Å². The third-order valence-corrected chi connectivity index (χ3v) is 4.00. The Morgan fingerprint density at radius 2 is 2.11 bits per heavy atom. The van der Waals surface area contributed by atoms with E-state index in [0.29, 0.717) is 12.6 Å². The maximum absolute atomic E-state index is 11.9. The molecule has 4 nitrogen and oxygen atoms in total. The molecule has 4 heteroatoms. The highest BCUT2D eigenvalue weighted by Gasteiger charge is 2.33. The molecule has 1 unspecified atom stereocenters. The van der Waals surface area contributed by atoms with Gasteiger partial charge in [-0.05, 0) is 32.2 Å². The molecule has 0 radical (unpaired) electrons. The summed E-state index contributed by atoms with van der Waals surface area (Å²) < 4.78 is 10.7. The van der Waals surface area contributed by atoms with Crippen molar-refractivity contribution < 1.29 is 14.3 Å². The summed E-state index contributed by atoms with van der Waals surface area (Å²) in [5.41, 5.74) is 0. The lowest BCUT2D eigenvalue weighted by molar-refractivity contribution is -0.148. The third-order valence-electron chi connectivity index (χ3n) is 4.00. The highest BCUT2D eigenvalue weighted by atomic mass is 16.5. The van der Waals surface area contributed by atoms with Gasteiger partial charge in [0.25, 0.3) is 0 Å². The first-order valence-electron chi connectivity index (χ1n) is 7.29. The van der Waals surface area contributed by atoms with E-state index in [4.69, 9.17) is 9.47 Å². The Morgan fingerprint density at radius 3 is 2.83 bits per heavy atom.